The Morgan fingerprint density at radius 1 is 0.480 bits per heavy atom. The molecule has 0 atom stereocenters. The number of rotatable bonds is 2. The maximum Gasteiger partial charge on any atom is 0.0612 e. The van der Waals surface area contributed by atoms with Gasteiger partial charge in [0, 0.05) is 17.1 Å². The van der Waals surface area contributed by atoms with E-state index in [1.54, 1.807) is 0 Å². The number of aromatic nitrogens is 1. The van der Waals surface area contributed by atoms with E-state index in [0.29, 0.717) is 0 Å². The first-order valence-corrected chi connectivity index (χ1v) is 8.56. The van der Waals surface area contributed by atoms with Gasteiger partial charge in [-0.05, 0) is 28.6 Å². The second-order valence-electron chi connectivity index (χ2n) is 6.26. The molecule has 5 rings (SSSR count). The number of hydrogen-bond acceptors (Lipinski definition) is 0. The van der Waals surface area contributed by atoms with Gasteiger partial charge in [0.1, 0.15) is 0 Å². The lowest BCUT2D eigenvalue weighted by Crippen LogP contribution is -1.97. The molecule has 1 nitrogen and oxygen atoms in total. The van der Waals surface area contributed by atoms with Gasteiger partial charge in [0.25, 0.3) is 0 Å². The van der Waals surface area contributed by atoms with Gasteiger partial charge in [0.05, 0.1) is 11.2 Å². The Kier molecular flexibility index (Phi) is 3.17. The quantitative estimate of drug-likeness (QED) is 0.353. The zero-order valence-corrected chi connectivity index (χ0v) is 13.8. The van der Waals surface area contributed by atoms with Crippen LogP contribution < -0.4 is 0 Å². The van der Waals surface area contributed by atoms with Crippen molar-refractivity contribution in [1.82, 2.24) is 4.40 Å². The summed E-state index contributed by atoms with van der Waals surface area (Å²) in [6.07, 6.45) is 2.16. The Labute approximate surface area is 146 Å². The number of benzene rings is 3. The zero-order chi connectivity index (χ0) is 16.6. The standard InChI is InChI=1S/C24H17N/c1-3-10-18(11-4-1)23-21-15-8-7-14-20(21)22-16-9-17-25(22)24(23)19-12-5-2-6-13-19/h1-17H. The highest BCUT2D eigenvalue weighted by Gasteiger charge is 2.16. The first kappa shape index (κ1) is 14.1. The van der Waals surface area contributed by atoms with E-state index >= 15 is 0 Å². The van der Waals surface area contributed by atoms with Gasteiger partial charge in [-0.1, -0.05) is 84.9 Å². The average molecular weight is 319 g/mol. The summed E-state index contributed by atoms with van der Waals surface area (Å²) in [5.74, 6) is 0. The molecule has 0 unspecified atom stereocenters. The molecule has 0 spiro atoms. The lowest BCUT2D eigenvalue weighted by molar-refractivity contribution is 1.22. The zero-order valence-electron chi connectivity index (χ0n) is 13.8. The highest BCUT2D eigenvalue weighted by Crippen LogP contribution is 2.40. The fourth-order valence-electron chi connectivity index (χ4n) is 3.74. The smallest absolute Gasteiger partial charge is 0.0612 e. The summed E-state index contributed by atoms with van der Waals surface area (Å²) < 4.78 is 2.32. The Balaban J connectivity index is 2.04. The Bertz CT molecular complexity index is 1170. The lowest BCUT2D eigenvalue weighted by atomic mass is 9.93. The molecule has 3 aromatic carbocycles. The van der Waals surface area contributed by atoms with Crippen LogP contribution >= 0.6 is 0 Å². The second-order valence-corrected chi connectivity index (χ2v) is 6.26. The Hall–Kier alpha value is -3.32. The molecule has 0 saturated heterocycles. The van der Waals surface area contributed by atoms with Gasteiger partial charge in [-0.25, -0.2) is 0 Å². The summed E-state index contributed by atoms with van der Waals surface area (Å²) in [6, 6.07) is 34.4. The molecule has 0 amide bonds. The number of hydrogen-bond donors (Lipinski definition) is 0. The fraction of sp³-hybridized carbons (Fsp3) is 0. The van der Waals surface area contributed by atoms with Crippen molar-refractivity contribution in [2.24, 2.45) is 0 Å². The molecule has 25 heavy (non-hydrogen) atoms. The largest absolute Gasteiger partial charge is 0.315 e. The monoisotopic (exact) mass is 319 g/mol. The third kappa shape index (κ3) is 2.17. The van der Waals surface area contributed by atoms with Crippen LogP contribution in [0.2, 0.25) is 0 Å². The van der Waals surface area contributed by atoms with E-state index in [9.17, 15) is 0 Å². The van der Waals surface area contributed by atoms with Crippen LogP contribution in [0.25, 0.3) is 38.7 Å². The van der Waals surface area contributed by atoms with Crippen LogP contribution in [0.3, 0.4) is 0 Å². The van der Waals surface area contributed by atoms with Gasteiger partial charge >= 0.3 is 0 Å². The van der Waals surface area contributed by atoms with E-state index in [0.717, 1.165) is 0 Å². The van der Waals surface area contributed by atoms with Crippen molar-refractivity contribution < 1.29 is 0 Å². The molecule has 0 aliphatic rings. The van der Waals surface area contributed by atoms with Crippen molar-refractivity contribution in [1.29, 1.82) is 0 Å². The predicted molar refractivity (Wildman–Crippen MR) is 106 cm³/mol. The summed E-state index contributed by atoms with van der Waals surface area (Å²) in [7, 11) is 0. The summed E-state index contributed by atoms with van der Waals surface area (Å²) >= 11 is 0. The van der Waals surface area contributed by atoms with Gasteiger partial charge in [-0.2, -0.15) is 0 Å². The van der Waals surface area contributed by atoms with E-state index in [4.69, 9.17) is 0 Å². The third-order valence-corrected chi connectivity index (χ3v) is 4.81. The average Bonchev–Trinajstić information content (AvgIpc) is 3.18. The molecular formula is C24H17N. The fourth-order valence-corrected chi connectivity index (χ4v) is 3.74. The van der Waals surface area contributed by atoms with E-state index in [2.05, 4.69) is 108 Å². The predicted octanol–water partition coefficient (Wildman–Crippen LogP) is 6.43. The number of fused-ring (bicyclic) bond motifs is 3. The van der Waals surface area contributed by atoms with Crippen molar-refractivity contribution in [3.8, 4) is 22.4 Å². The van der Waals surface area contributed by atoms with Crippen molar-refractivity contribution in [2.75, 3.05) is 0 Å². The number of pyridine rings is 1. The number of nitrogens with zero attached hydrogens (tertiary/aromatic N) is 1. The van der Waals surface area contributed by atoms with Gasteiger partial charge in [-0.3, -0.25) is 0 Å². The summed E-state index contributed by atoms with van der Waals surface area (Å²) in [4.78, 5) is 0. The first-order chi connectivity index (χ1) is 12.4. The van der Waals surface area contributed by atoms with Crippen molar-refractivity contribution in [2.45, 2.75) is 0 Å². The second kappa shape index (κ2) is 5.64. The van der Waals surface area contributed by atoms with Crippen molar-refractivity contribution in [3.05, 3.63) is 103 Å². The van der Waals surface area contributed by atoms with E-state index in [1.165, 1.54) is 38.7 Å². The first-order valence-electron chi connectivity index (χ1n) is 8.56. The Morgan fingerprint density at radius 2 is 1.08 bits per heavy atom. The van der Waals surface area contributed by atoms with E-state index < -0.39 is 0 Å². The molecule has 0 aliphatic carbocycles. The minimum absolute atomic E-state index is 1.23. The van der Waals surface area contributed by atoms with Gasteiger partial charge < -0.3 is 4.40 Å². The SMILES string of the molecule is c1ccc(-c2c(-c3ccccc3)n3cccc3c3ccccc23)cc1. The Morgan fingerprint density at radius 3 is 1.80 bits per heavy atom. The molecular weight excluding hydrogens is 302 g/mol. The van der Waals surface area contributed by atoms with Crippen LogP contribution in [0.1, 0.15) is 0 Å². The van der Waals surface area contributed by atoms with Crippen LogP contribution in [0.4, 0.5) is 0 Å². The maximum absolute atomic E-state index is 2.32. The molecule has 1 heteroatoms. The van der Waals surface area contributed by atoms with Crippen LogP contribution in [0.15, 0.2) is 103 Å². The summed E-state index contributed by atoms with van der Waals surface area (Å²) in [6.45, 7) is 0. The topological polar surface area (TPSA) is 4.41 Å². The molecule has 0 radical (unpaired) electrons. The molecule has 2 heterocycles. The van der Waals surface area contributed by atoms with Crippen molar-refractivity contribution >= 4 is 16.3 Å². The normalized spacial score (nSPS) is 11.2. The highest BCUT2D eigenvalue weighted by molar-refractivity contribution is 6.09. The molecule has 5 aromatic rings. The van der Waals surface area contributed by atoms with Crippen LogP contribution in [-0.4, -0.2) is 4.40 Å². The van der Waals surface area contributed by atoms with E-state index in [-0.39, 0.29) is 0 Å². The van der Waals surface area contributed by atoms with Crippen LogP contribution in [0.5, 0.6) is 0 Å². The van der Waals surface area contributed by atoms with Gasteiger partial charge in [0.15, 0.2) is 0 Å². The lowest BCUT2D eigenvalue weighted by Gasteiger charge is -2.17. The maximum atomic E-state index is 2.32. The summed E-state index contributed by atoms with van der Waals surface area (Å²) in [5.41, 5.74) is 6.24. The highest BCUT2D eigenvalue weighted by atomic mass is 14.9. The van der Waals surface area contributed by atoms with Gasteiger partial charge in [0.2, 0.25) is 0 Å². The molecule has 118 valence electrons. The van der Waals surface area contributed by atoms with Crippen LogP contribution in [-0.2, 0) is 0 Å². The van der Waals surface area contributed by atoms with Crippen molar-refractivity contribution in [3.63, 3.8) is 0 Å². The minimum atomic E-state index is 1.23. The summed E-state index contributed by atoms with van der Waals surface area (Å²) in [5, 5.41) is 2.57. The molecule has 2 aromatic heterocycles. The third-order valence-electron chi connectivity index (χ3n) is 4.81. The molecule has 0 aliphatic heterocycles. The molecule has 0 N–H and O–H groups in total. The minimum Gasteiger partial charge on any atom is -0.315 e. The molecule has 0 saturated carbocycles. The molecule has 0 bridgehead atoms. The van der Waals surface area contributed by atoms with E-state index in [1.807, 2.05) is 0 Å². The molecule has 0 fully saturated rings. The van der Waals surface area contributed by atoms with Crippen LogP contribution in [0, 0.1) is 0 Å². The van der Waals surface area contributed by atoms with Gasteiger partial charge in [-0.15, -0.1) is 0 Å².